The average Bonchev–Trinajstić information content (AvgIpc) is 2.64. The summed E-state index contributed by atoms with van der Waals surface area (Å²) in [7, 11) is 3.91. The third kappa shape index (κ3) is 6.08. The standard InChI is InChI=1S/C22H27N3O2/c1-17(26)20(15-19-11-7-8-12-21(19)23)22(27)25(14-13-24(2)3)16-18-9-5-4-6-10-18/h4-12,15H,13-14,16,23H2,1-3H3. The van der Waals surface area contributed by atoms with Crippen molar-refractivity contribution < 1.29 is 9.59 Å². The normalized spacial score (nSPS) is 11.5. The smallest absolute Gasteiger partial charge is 0.257 e. The Morgan fingerprint density at radius 1 is 0.963 bits per heavy atom. The predicted octanol–water partition coefficient (Wildman–Crippen LogP) is 2.83. The van der Waals surface area contributed by atoms with E-state index in [0.717, 1.165) is 5.56 Å². The molecule has 0 aliphatic carbocycles. The van der Waals surface area contributed by atoms with Gasteiger partial charge in [0.15, 0.2) is 5.78 Å². The molecule has 1 amide bonds. The maximum atomic E-state index is 13.2. The van der Waals surface area contributed by atoms with Crippen LogP contribution in [-0.4, -0.2) is 48.7 Å². The van der Waals surface area contributed by atoms with Gasteiger partial charge in [0, 0.05) is 25.3 Å². The van der Waals surface area contributed by atoms with Gasteiger partial charge in [-0.15, -0.1) is 0 Å². The Kier molecular flexibility index (Phi) is 7.32. The van der Waals surface area contributed by atoms with Gasteiger partial charge in [-0.2, -0.15) is 0 Å². The van der Waals surface area contributed by atoms with Crippen molar-refractivity contribution in [2.75, 3.05) is 32.9 Å². The topological polar surface area (TPSA) is 66.6 Å². The number of nitrogen functional groups attached to an aromatic ring is 1. The lowest BCUT2D eigenvalue weighted by Crippen LogP contribution is -2.38. The van der Waals surface area contributed by atoms with E-state index in [9.17, 15) is 9.59 Å². The summed E-state index contributed by atoms with van der Waals surface area (Å²) in [6, 6.07) is 17.0. The van der Waals surface area contributed by atoms with Gasteiger partial charge in [-0.25, -0.2) is 0 Å². The minimum absolute atomic E-state index is 0.141. The molecule has 2 aromatic rings. The molecule has 2 aromatic carbocycles. The zero-order valence-corrected chi connectivity index (χ0v) is 16.2. The molecule has 0 aliphatic rings. The third-order valence-corrected chi connectivity index (χ3v) is 4.23. The predicted molar refractivity (Wildman–Crippen MR) is 110 cm³/mol. The van der Waals surface area contributed by atoms with Crippen molar-refractivity contribution in [3.8, 4) is 0 Å². The van der Waals surface area contributed by atoms with Gasteiger partial charge < -0.3 is 15.5 Å². The molecular formula is C22H27N3O2. The second-order valence-corrected chi connectivity index (χ2v) is 6.76. The molecule has 0 heterocycles. The van der Waals surface area contributed by atoms with Crippen LogP contribution in [0, 0.1) is 0 Å². The number of carbonyl (C=O) groups excluding carboxylic acids is 2. The molecule has 0 fully saturated rings. The molecule has 27 heavy (non-hydrogen) atoms. The Bertz CT molecular complexity index is 813. The largest absolute Gasteiger partial charge is 0.398 e. The van der Waals surface area contributed by atoms with E-state index in [1.165, 1.54) is 6.92 Å². The molecule has 0 spiro atoms. The van der Waals surface area contributed by atoms with Crippen molar-refractivity contribution in [3.63, 3.8) is 0 Å². The van der Waals surface area contributed by atoms with Crippen LogP contribution in [0.3, 0.4) is 0 Å². The average molecular weight is 365 g/mol. The molecule has 0 radical (unpaired) electrons. The van der Waals surface area contributed by atoms with E-state index in [4.69, 9.17) is 5.73 Å². The van der Waals surface area contributed by atoms with E-state index in [2.05, 4.69) is 0 Å². The number of nitrogens with zero attached hydrogens (tertiary/aromatic N) is 2. The van der Waals surface area contributed by atoms with E-state index in [1.54, 1.807) is 23.1 Å². The van der Waals surface area contributed by atoms with Gasteiger partial charge in [-0.3, -0.25) is 9.59 Å². The maximum absolute atomic E-state index is 13.2. The fourth-order valence-electron chi connectivity index (χ4n) is 2.66. The lowest BCUT2D eigenvalue weighted by Gasteiger charge is -2.25. The summed E-state index contributed by atoms with van der Waals surface area (Å²) in [5.41, 5.74) is 8.35. The van der Waals surface area contributed by atoms with E-state index in [-0.39, 0.29) is 17.3 Å². The summed E-state index contributed by atoms with van der Waals surface area (Å²) in [6.45, 7) is 3.09. The molecule has 0 unspecified atom stereocenters. The molecule has 0 atom stereocenters. The number of rotatable bonds is 8. The Morgan fingerprint density at radius 3 is 2.19 bits per heavy atom. The van der Waals surface area contributed by atoms with Crippen molar-refractivity contribution in [2.24, 2.45) is 0 Å². The monoisotopic (exact) mass is 365 g/mol. The van der Waals surface area contributed by atoms with E-state index in [1.807, 2.05) is 61.5 Å². The fourth-order valence-corrected chi connectivity index (χ4v) is 2.66. The van der Waals surface area contributed by atoms with Crippen LogP contribution in [0.25, 0.3) is 6.08 Å². The number of likely N-dealkylation sites (N-methyl/N-ethyl adjacent to an activating group) is 1. The molecular weight excluding hydrogens is 338 g/mol. The molecule has 0 saturated carbocycles. The quantitative estimate of drug-likeness (QED) is 0.338. The lowest BCUT2D eigenvalue weighted by molar-refractivity contribution is -0.130. The minimum atomic E-state index is -0.281. The fraction of sp³-hybridized carbons (Fsp3) is 0.273. The highest BCUT2D eigenvalue weighted by Gasteiger charge is 2.22. The number of amides is 1. The molecule has 0 aromatic heterocycles. The summed E-state index contributed by atoms with van der Waals surface area (Å²) in [5, 5.41) is 0. The van der Waals surface area contributed by atoms with Crippen LogP contribution in [0.2, 0.25) is 0 Å². The number of hydrogen-bond acceptors (Lipinski definition) is 4. The first-order valence-corrected chi connectivity index (χ1v) is 8.93. The first-order chi connectivity index (χ1) is 12.9. The number of Topliss-reactive ketones (excluding diaryl/α,β-unsaturated/α-hetero) is 1. The van der Waals surface area contributed by atoms with Gasteiger partial charge >= 0.3 is 0 Å². The Balaban J connectivity index is 2.34. The van der Waals surface area contributed by atoms with E-state index >= 15 is 0 Å². The summed E-state index contributed by atoms with van der Waals surface area (Å²) in [6.07, 6.45) is 1.59. The highest BCUT2D eigenvalue weighted by atomic mass is 16.2. The number of carbonyl (C=O) groups is 2. The molecule has 0 bridgehead atoms. The van der Waals surface area contributed by atoms with Gasteiger partial charge in [0.05, 0.1) is 5.57 Å². The molecule has 5 nitrogen and oxygen atoms in total. The molecule has 0 saturated heterocycles. The van der Waals surface area contributed by atoms with Gasteiger partial charge in [0.25, 0.3) is 5.91 Å². The van der Waals surface area contributed by atoms with Gasteiger partial charge in [0.2, 0.25) is 0 Å². The molecule has 2 N–H and O–H groups in total. The zero-order valence-electron chi connectivity index (χ0n) is 16.2. The Morgan fingerprint density at radius 2 is 1.59 bits per heavy atom. The van der Waals surface area contributed by atoms with E-state index < -0.39 is 0 Å². The number of nitrogens with two attached hydrogens (primary N) is 1. The molecule has 5 heteroatoms. The summed E-state index contributed by atoms with van der Waals surface area (Å²) < 4.78 is 0. The van der Waals surface area contributed by atoms with Gasteiger partial charge in [0.1, 0.15) is 0 Å². The first kappa shape index (κ1) is 20.4. The van der Waals surface area contributed by atoms with Crippen molar-refractivity contribution in [1.29, 1.82) is 0 Å². The van der Waals surface area contributed by atoms with Crippen LogP contribution in [0.5, 0.6) is 0 Å². The summed E-state index contributed by atoms with van der Waals surface area (Å²) in [5.74, 6) is -0.553. The molecule has 0 aliphatic heterocycles. The van der Waals surface area contributed by atoms with Crippen molar-refractivity contribution in [3.05, 3.63) is 71.3 Å². The highest BCUT2D eigenvalue weighted by molar-refractivity contribution is 6.21. The van der Waals surface area contributed by atoms with Crippen LogP contribution in [-0.2, 0) is 16.1 Å². The minimum Gasteiger partial charge on any atom is -0.398 e. The van der Waals surface area contributed by atoms with Crippen LogP contribution >= 0.6 is 0 Å². The maximum Gasteiger partial charge on any atom is 0.257 e. The highest BCUT2D eigenvalue weighted by Crippen LogP contribution is 2.18. The van der Waals surface area contributed by atoms with E-state index in [0.29, 0.717) is 30.9 Å². The van der Waals surface area contributed by atoms with Crippen molar-refractivity contribution >= 4 is 23.5 Å². The Hall–Kier alpha value is -2.92. The Labute approximate surface area is 161 Å². The second kappa shape index (κ2) is 9.69. The third-order valence-electron chi connectivity index (χ3n) is 4.23. The number of para-hydroxylation sites is 1. The first-order valence-electron chi connectivity index (χ1n) is 8.93. The lowest BCUT2D eigenvalue weighted by atomic mass is 10.0. The number of hydrogen-bond donors (Lipinski definition) is 1. The van der Waals surface area contributed by atoms with Crippen LogP contribution in [0.1, 0.15) is 18.1 Å². The van der Waals surface area contributed by atoms with Crippen LogP contribution in [0.15, 0.2) is 60.2 Å². The van der Waals surface area contributed by atoms with Crippen molar-refractivity contribution in [2.45, 2.75) is 13.5 Å². The van der Waals surface area contributed by atoms with Crippen LogP contribution < -0.4 is 5.73 Å². The zero-order chi connectivity index (χ0) is 19.8. The van der Waals surface area contributed by atoms with Gasteiger partial charge in [-0.1, -0.05) is 48.5 Å². The second-order valence-electron chi connectivity index (χ2n) is 6.76. The van der Waals surface area contributed by atoms with Crippen molar-refractivity contribution in [1.82, 2.24) is 9.80 Å². The number of anilines is 1. The molecule has 142 valence electrons. The summed E-state index contributed by atoms with van der Waals surface area (Å²) >= 11 is 0. The SMILES string of the molecule is CC(=O)C(=Cc1ccccc1N)C(=O)N(CCN(C)C)Cc1ccccc1. The summed E-state index contributed by atoms with van der Waals surface area (Å²) in [4.78, 5) is 29.1. The van der Waals surface area contributed by atoms with Gasteiger partial charge in [-0.05, 0) is 44.3 Å². The number of benzene rings is 2. The molecule has 2 rings (SSSR count). The van der Waals surface area contributed by atoms with Crippen LogP contribution in [0.4, 0.5) is 5.69 Å². The number of ketones is 1.